The van der Waals surface area contributed by atoms with E-state index in [9.17, 15) is 8.42 Å². The molecule has 1 N–H and O–H groups in total. The van der Waals surface area contributed by atoms with Crippen LogP contribution in [0.3, 0.4) is 0 Å². The largest absolute Gasteiger partial charge is 0.486 e. The molecule has 0 saturated heterocycles. The van der Waals surface area contributed by atoms with Crippen molar-refractivity contribution in [1.82, 2.24) is 14.5 Å². The Morgan fingerprint density at radius 1 is 1.00 bits per heavy atom. The number of benzene rings is 2. The number of fused-ring (bicyclic) bond motifs is 1. The second-order valence-corrected chi connectivity index (χ2v) is 7.92. The van der Waals surface area contributed by atoms with Crippen LogP contribution >= 0.6 is 0 Å². The average Bonchev–Trinajstić information content (AvgIpc) is 3.20. The van der Waals surface area contributed by atoms with E-state index in [-0.39, 0.29) is 11.4 Å². The van der Waals surface area contributed by atoms with Crippen molar-refractivity contribution in [3.8, 4) is 11.5 Å². The molecule has 140 valence electrons. The van der Waals surface area contributed by atoms with Gasteiger partial charge in [-0.1, -0.05) is 24.3 Å². The molecular weight excluding hydrogens is 366 g/mol. The van der Waals surface area contributed by atoms with Crippen molar-refractivity contribution < 1.29 is 17.9 Å². The molecule has 4 rings (SSSR count). The normalized spacial score (nSPS) is 13.5. The number of hydrogen-bond donors (Lipinski definition) is 1. The second-order valence-electron chi connectivity index (χ2n) is 6.15. The highest BCUT2D eigenvalue weighted by Crippen LogP contribution is 2.32. The van der Waals surface area contributed by atoms with Crippen molar-refractivity contribution >= 4 is 10.0 Å². The van der Waals surface area contributed by atoms with E-state index in [1.54, 1.807) is 12.3 Å². The van der Waals surface area contributed by atoms with Gasteiger partial charge in [0.25, 0.3) is 0 Å². The Morgan fingerprint density at radius 2 is 1.74 bits per heavy atom. The lowest BCUT2D eigenvalue weighted by atomic mass is 10.1. The van der Waals surface area contributed by atoms with E-state index in [4.69, 9.17) is 9.47 Å². The molecule has 0 spiro atoms. The monoisotopic (exact) mass is 385 g/mol. The molecule has 3 aromatic rings. The van der Waals surface area contributed by atoms with Gasteiger partial charge in [-0.05, 0) is 29.3 Å². The Hall–Kier alpha value is -2.84. The predicted octanol–water partition coefficient (Wildman–Crippen LogP) is 2.18. The van der Waals surface area contributed by atoms with Gasteiger partial charge in [-0.3, -0.25) is 4.68 Å². The van der Waals surface area contributed by atoms with Crippen LogP contribution in [0.2, 0.25) is 0 Å². The molecule has 0 unspecified atom stereocenters. The van der Waals surface area contributed by atoms with E-state index in [2.05, 4.69) is 9.82 Å². The summed E-state index contributed by atoms with van der Waals surface area (Å²) in [5, 5.41) is 4.17. The van der Waals surface area contributed by atoms with Crippen LogP contribution < -0.4 is 14.2 Å². The van der Waals surface area contributed by atoms with Gasteiger partial charge in [0.05, 0.1) is 11.4 Å². The van der Waals surface area contributed by atoms with Crippen molar-refractivity contribution in [1.29, 1.82) is 0 Å². The van der Waals surface area contributed by atoms with Gasteiger partial charge in [-0.2, -0.15) is 5.10 Å². The molecule has 27 heavy (non-hydrogen) atoms. The highest BCUT2D eigenvalue weighted by atomic mass is 32.2. The fourth-order valence-electron chi connectivity index (χ4n) is 2.80. The number of sulfonamides is 1. The van der Waals surface area contributed by atoms with Crippen LogP contribution in [0.4, 0.5) is 0 Å². The quantitative estimate of drug-likeness (QED) is 0.703. The van der Waals surface area contributed by atoms with Crippen LogP contribution in [0.1, 0.15) is 11.1 Å². The Morgan fingerprint density at radius 3 is 2.48 bits per heavy atom. The maximum atomic E-state index is 12.6. The number of aromatic nitrogens is 2. The second kappa shape index (κ2) is 7.42. The molecule has 0 atom stereocenters. The highest BCUT2D eigenvalue weighted by Gasteiger charge is 2.19. The molecule has 2 aromatic carbocycles. The average molecular weight is 385 g/mol. The van der Waals surface area contributed by atoms with Crippen LogP contribution in [0.15, 0.2) is 65.8 Å². The number of rotatable bonds is 6. The zero-order chi connectivity index (χ0) is 18.7. The van der Waals surface area contributed by atoms with E-state index in [0.29, 0.717) is 31.3 Å². The molecule has 0 radical (unpaired) electrons. The van der Waals surface area contributed by atoms with Crippen LogP contribution in [0.5, 0.6) is 11.5 Å². The number of nitrogens with one attached hydrogen (secondary N) is 1. The third kappa shape index (κ3) is 4.12. The first-order chi connectivity index (χ1) is 13.1. The van der Waals surface area contributed by atoms with Crippen molar-refractivity contribution in [2.24, 2.45) is 0 Å². The smallest absolute Gasteiger partial charge is 0.241 e. The molecule has 1 aliphatic rings. The summed E-state index contributed by atoms with van der Waals surface area (Å²) in [5.41, 5.74) is 1.97. The lowest BCUT2D eigenvalue weighted by molar-refractivity contribution is 0.171. The standard InChI is InChI=1S/C19H19N3O4S/c23-27(24,17-6-7-18-19(12-17)26-11-10-25-18)21-13-15-2-4-16(5-3-15)14-22-9-1-8-20-22/h1-9,12,21H,10-11,13-14H2. The van der Waals surface area contributed by atoms with Gasteiger partial charge in [0.2, 0.25) is 10.0 Å². The first-order valence-corrected chi connectivity index (χ1v) is 10.0. The Bertz CT molecular complexity index is 1020. The zero-order valence-corrected chi connectivity index (χ0v) is 15.4. The summed E-state index contributed by atoms with van der Waals surface area (Å²) >= 11 is 0. The lowest BCUT2D eigenvalue weighted by Gasteiger charge is -2.19. The molecule has 1 aliphatic heterocycles. The van der Waals surface area contributed by atoms with Gasteiger partial charge < -0.3 is 9.47 Å². The van der Waals surface area contributed by atoms with Gasteiger partial charge in [0.1, 0.15) is 13.2 Å². The Kier molecular flexibility index (Phi) is 4.83. The van der Waals surface area contributed by atoms with Crippen LogP contribution in [-0.4, -0.2) is 31.4 Å². The Labute approximate surface area is 157 Å². The topological polar surface area (TPSA) is 82.5 Å². The molecule has 0 amide bonds. The summed E-state index contributed by atoms with van der Waals surface area (Å²) in [4.78, 5) is 0.155. The minimum atomic E-state index is -3.64. The molecule has 0 fully saturated rings. The summed E-state index contributed by atoms with van der Waals surface area (Å²) in [5.74, 6) is 1.01. The predicted molar refractivity (Wildman–Crippen MR) is 99.2 cm³/mol. The van der Waals surface area contributed by atoms with E-state index in [1.807, 2.05) is 41.2 Å². The number of nitrogens with zero attached hydrogens (tertiary/aromatic N) is 2. The number of hydrogen-bond acceptors (Lipinski definition) is 5. The third-order valence-electron chi connectivity index (χ3n) is 4.22. The Balaban J connectivity index is 1.41. The molecule has 2 heterocycles. The molecule has 7 nitrogen and oxygen atoms in total. The molecular formula is C19H19N3O4S. The van der Waals surface area contributed by atoms with Crippen LogP contribution in [-0.2, 0) is 23.1 Å². The summed E-state index contributed by atoms with van der Waals surface area (Å²) in [6.07, 6.45) is 3.64. The minimum absolute atomic E-state index is 0.155. The lowest BCUT2D eigenvalue weighted by Crippen LogP contribution is -2.24. The van der Waals surface area contributed by atoms with Gasteiger partial charge >= 0.3 is 0 Å². The van der Waals surface area contributed by atoms with Gasteiger partial charge in [-0.15, -0.1) is 0 Å². The van der Waals surface area contributed by atoms with Gasteiger partial charge in [0.15, 0.2) is 11.5 Å². The summed E-state index contributed by atoms with van der Waals surface area (Å²) < 4.78 is 40.4. The maximum absolute atomic E-state index is 12.6. The first-order valence-electron chi connectivity index (χ1n) is 8.55. The molecule has 1 aromatic heterocycles. The van der Waals surface area contributed by atoms with E-state index >= 15 is 0 Å². The molecule has 0 bridgehead atoms. The molecule has 0 saturated carbocycles. The fourth-order valence-corrected chi connectivity index (χ4v) is 3.83. The van der Waals surface area contributed by atoms with Crippen molar-refractivity contribution in [3.63, 3.8) is 0 Å². The van der Waals surface area contributed by atoms with Crippen LogP contribution in [0.25, 0.3) is 0 Å². The number of ether oxygens (including phenoxy) is 2. The maximum Gasteiger partial charge on any atom is 0.241 e. The van der Waals surface area contributed by atoms with Gasteiger partial charge in [0, 0.05) is 25.0 Å². The van der Waals surface area contributed by atoms with Crippen molar-refractivity contribution in [2.45, 2.75) is 18.0 Å². The zero-order valence-electron chi connectivity index (χ0n) is 14.5. The minimum Gasteiger partial charge on any atom is -0.486 e. The highest BCUT2D eigenvalue weighted by molar-refractivity contribution is 7.89. The molecule has 8 heteroatoms. The van der Waals surface area contributed by atoms with Crippen molar-refractivity contribution in [3.05, 3.63) is 72.1 Å². The van der Waals surface area contributed by atoms with Crippen LogP contribution in [0, 0.1) is 0 Å². The van der Waals surface area contributed by atoms with E-state index in [0.717, 1.165) is 11.1 Å². The third-order valence-corrected chi connectivity index (χ3v) is 5.62. The van der Waals surface area contributed by atoms with E-state index < -0.39 is 10.0 Å². The SMILES string of the molecule is O=S(=O)(NCc1ccc(Cn2cccn2)cc1)c1ccc2c(c1)OCCO2. The van der Waals surface area contributed by atoms with Gasteiger partial charge in [-0.25, -0.2) is 13.1 Å². The summed E-state index contributed by atoms with van der Waals surface area (Å²) in [6.45, 7) is 1.76. The van der Waals surface area contributed by atoms with E-state index in [1.165, 1.54) is 12.1 Å². The summed E-state index contributed by atoms with van der Waals surface area (Å²) in [6, 6.07) is 14.3. The molecule has 0 aliphatic carbocycles. The first kappa shape index (κ1) is 17.6. The summed E-state index contributed by atoms with van der Waals surface area (Å²) in [7, 11) is -3.64. The van der Waals surface area contributed by atoms with Crippen molar-refractivity contribution in [2.75, 3.05) is 13.2 Å². The fraction of sp³-hybridized carbons (Fsp3) is 0.211.